The van der Waals surface area contributed by atoms with Gasteiger partial charge in [0, 0.05) is 17.3 Å². The first kappa shape index (κ1) is 14.0. The minimum atomic E-state index is -0.903. The molecule has 20 heavy (non-hydrogen) atoms. The van der Waals surface area contributed by atoms with Crippen molar-refractivity contribution in [2.75, 3.05) is 6.54 Å². The maximum absolute atomic E-state index is 13.4. The van der Waals surface area contributed by atoms with Crippen LogP contribution in [0.2, 0.25) is 0 Å². The van der Waals surface area contributed by atoms with Gasteiger partial charge in [0.15, 0.2) is 11.6 Å². The summed E-state index contributed by atoms with van der Waals surface area (Å²) >= 11 is 0. The van der Waals surface area contributed by atoms with E-state index >= 15 is 0 Å². The highest BCUT2D eigenvalue weighted by Crippen LogP contribution is 2.16. The molecule has 0 bridgehead atoms. The molecule has 0 aliphatic rings. The van der Waals surface area contributed by atoms with Gasteiger partial charge in [-0.3, -0.25) is 4.98 Å². The zero-order chi connectivity index (χ0) is 14.4. The molecule has 0 fully saturated rings. The monoisotopic (exact) mass is 274 g/mol. The Labute approximate surface area is 115 Å². The van der Waals surface area contributed by atoms with Crippen LogP contribution >= 0.6 is 0 Å². The van der Waals surface area contributed by atoms with Gasteiger partial charge in [-0.25, -0.2) is 8.78 Å². The lowest BCUT2D eigenvalue weighted by Crippen LogP contribution is -2.01. The number of halogens is 2. The van der Waals surface area contributed by atoms with Crippen LogP contribution in [-0.4, -0.2) is 11.5 Å². The maximum atomic E-state index is 13.4. The largest absolute Gasteiger partial charge is 0.487 e. The summed E-state index contributed by atoms with van der Waals surface area (Å²) in [7, 11) is 0. The van der Waals surface area contributed by atoms with Crippen LogP contribution < -0.4 is 10.5 Å². The highest BCUT2D eigenvalue weighted by molar-refractivity contribution is 5.37. The van der Waals surface area contributed by atoms with Crippen molar-refractivity contribution in [1.82, 2.24) is 4.98 Å². The first-order chi connectivity index (χ1) is 9.70. The summed E-state index contributed by atoms with van der Waals surface area (Å²) in [6.07, 6.45) is 3.04. The third kappa shape index (κ3) is 3.53. The second-order valence-corrected chi connectivity index (χ2v) is 3.92. The van der Waals surface area contributed by atoms with Crippen LogP contribution in [0.1, 0.15) is 11.1 Å². The van der Waals surface area contributed by atoms with Crippen LogP contribution in [0.4, 0.5) is 8.78 Å². The number of hydrogen-bond acceptors (Lipinski definition) is 3. The zero-order valence-corrected chi connectivity index (χ0v) is 10.6. The number of nitrogens with two attached hydrogens (primary N) is 1. The smallest absolute Gasteiger partial charge is 0.165 e. The minimum Gasteiger partial charge on any atom is -0.487 e. The Morgan fingerprint density at radius 2 is 2.10 bits per heavy atom. The summed E-state index contributed by atoms with van der Waals surface area (Å²) in [6, 6.07) is 5.61. The minimum absolute atomic E-state index is 0.0843. The zero-order valence-electron chi connectivity index (χ0n) is 10.6. The fourth-order valence-corrected chi connectivity index (χ4v) is 1.54. The van der Waals surface area contributed by atoms with Gasteiger partial charge in [0.2, 0.25) is 0 Å². The molecule has 0 aliphatic heterocycles. The second-order valence-electron chi connectivity index (χ2n) is 3.92. The molecule has 0 amide bonds. The van der Waals surface area contributed by atoms with Crippen molar-refractivity contribution in [3.63, 3.8) is 0 Å². The quantitative estimate of drug-likeness (QED) is 0.873. The molecule has 5 heteroatoms. The number of aromatic nitrogens is 1. The van der Waals surface area contributed by atoms with Gasteiger partial charge in [-0.05, 0) is 12.1 Å². The lowest BCUT2D eigenvalue weighted by Gasteiger charge is -2.07. The summed E-state index contributed by atoms with van der Waals surface area (Å²) in [5.41, 5.74) is 6.07. The molecule has 1 aromatic heterocycles. The summed E-state index contributed by atoms with van der Waals surface area (Å²) in [6.45, 7) is 0.165. The van der Waals surface area contributed by atoms with Crippen LogP contribution in [0.5, 0.6) is 5.75 Å². The molecule has 1 heterocycles. The number of hydrogen-bond donors (Lipinski definition) is 1. The fourth-order valence-electron chi connectivity index (χ4n) is 1.54. The van der Waals surface area contributed by atoms with E-state index < -0.39 is 11.6 Å². The number of rotatable bonds is 3. The van der Waals surface area contributed by atoms with E-state index in [1.165, 1.54) is 18.3 Å². The standard InChI is InChI=1S/C15H12F2N2O/c16-14-5-1-4-12(15(14)17)10-20-13-7-11(3-2-6-18)8-19-9-13/h1,4-5,7-9H,6,10,18H2. The van der Waals surface area contributed by atoms with Crippen LogP contribution in [-0.2, 0) is 6.61 Å². The molecule has 102 valence electrons. The third-order valence-electron chi connectivity index (χ3n) is 2.47. The Morgan fingerprint density at radius 3 is 2.90 bits per heavy atom. The molecule has 0 aliphatic carbocycles. The van der Waals surface area contributed by atoms with Gasteiger partial charge in [-0.2, -0.15) is 0 Å². The van der Waals surface area contributed by atoms with Crippen molar-refractivity contribution in [2.24, 2.45) is 5.73 Å². The van der Waals surface area contributed by atoms with E-state index in [4.69, 9.17) is 10.5 Å². The average molecular weight is 274 g/mol. The lowest BCUT2D eigenvalue weighted by atomic mass is 10.2. The molecular weight excluding hydrogens is 262 g/mol. The Bertz CT molecular complexity index is 662. The number of ether oxygens (including phenoxy) is 1. The molecule has 0 saturated carbocycles. The van der Waals surface area contributed by atoms with Crippen molar-refractivity contribution in [3.05, 3.63) is 59.4 Å². The van der Waals surface area contributed by atoms with Gasteiger partial charge in [0.25, 0.3) is 0 Å². The molecule has 0 saturated heterocycles. The molecule has 0 spiro atoms. The highest BCUT2D eigenvalue weighted by atomic mass is 19.2. The highest BCUT2D eigenvalue weighted by Gasteiger charge is 2.08. The maximum Gasteiger partial charge on any atom is 0.165 e. The predicted octanol–water partition coefficient (Wildman–Crippen LogP) is 2.25. The number of pyridine rings is 1. The molecule has 2 N–H and O–H groups in total. The van der Waals surface area contributed by atoms with Crippen LogP contribution in [0.3, 0.4) is 0 Å². The summed E-state index contributed by atoms with van der Waals surface area (Å²) in [5, 5.41) is 0. The van der Waals surface area contributed by atoms with Crippen molar-refractivity contribution in [3.8, 4) is 17.6 Å². The van der Waals surface area contributed by atoms with Crippen molar-refractivity contribution >= 4 is 0 Å². The molecular formula is C15H12F2N2O. The fraction of sp³-hybridized carbons (Fsp3) is 0.133. The molecule has 3 nitrogen and oxygen atoms in total. The number of nitrogens with zero attached hydrogens (tertiary/aromatic N) is 1. The SMILES string of the molecule is NCC#Cc1cncc(OCc2cccc(F)c2F)c1. The Hall–Kier alpha value is -2.45. The summed E-state index contributed by atoms with van der Waals surface area (Å²) < 4.78 is 31.9. The average Bonchev–Trinajstić information content (AvgIpc) is 2.47. The van der Waals surface area contributed by atoms with Gasteiger partial charge in [0.1, 0.15) is 12.4 Å². The second kappa shape index (κ2) is 6.64. The van der Waals surface area contributed by atoms with Crippen molar-refractivity contribution < 1.29 is 13.5 Å². The van der Waals surface area contributed by atoms with Gasteiger partial charge in [-0.1, -0.05) is 24.0 Å². The van der Waals surface area contributed by atoms with E-state index in [0.717, 1.165) is 6.07 Å². The Balaban J connectivity index is 2.09. The Kier molecular flexibility index (Phi) is 4.64. The van der Waals surface area contributed by atoms with Gasteiger partial charge < -0.3 is 10.5 Å². The first-order valence-electron chi connectivity index (χ1n) is 5.90. The molecule has 1 aromatic carbocycles. The van der Waals surface area contributed by atoms with Gasteiger partial charge in [0.05, 0.1) is 12.7 Å². The van der Waals surface area contributed by atoms with Crippen LogP contribution in [0.15, 0.2) is 36.7 Å². The molecule has 0 unspecified atom stereocenters. The van der Waals surface area contributed by atoms with Gasteiger partial charge in [-0.15, -0.1) is 0 Å². The van der Waals surface area contributed by atoms with E-state index in [0.29, 0.717) is 11.3 Å². The summed E-state index contributed by atoms with van der Waals surface area (Å²) in [4.78, 5) is 3.95. The van der Waals surface area contributed by atoms with Gasteiger partial charge >= 0.3 is 0 Å². The number of benzene rings is 1. The molecule has 0 atom stereocenters. The van der Waals surface area contributed by atoms with Crippen molar-refractivity contribution in [1.29, 1.82) is 0 Å². The van der Waals surface area contributed by atoms with E-state index in [9.17, 15) is 8.78 Å². The van der Waals surface area contributed by atoms with Crippen LogP contribution in [0, 0.1) is 23.5 Å². The Morgan fingerprint density at radius 1 is 1.25 bits per heavy atom. The normalized spacial score (nSPS) is 9.75. The lowest BCUT2D eigenvalue weighted by molar-refractivity contribution is 0.296. The van der Waals surface area contributed by atoms with Crippen LogP contribution in [0.25, 0.3) is 0 Å². The predicted molar refractivity (Wildman–Crippen MR) is 70.9 cm³/mol. The summed E-state index contributed by atoms with van der Waals surface area (Å²) in [5.74, 6) is 4.14. The van der Waals surface area contributed by atoms with E-state index in [1.54, 1.807) is 12.3 Å². The topological polar surface area (TPSA) is 48.1 Å². The van der Waals surface area contributed by atoms with E-state index in [-0.39, 0.29) is 18.7 Å². The molecule has 2 rings (SSSR count). The molecule has 2 aromatic rings. The first-order valence-corrected chi connectivity index (χ1v) is 5.90. The van der Waals surface area contributed by atoms with Crippen molar-refractivity contribution in [2.45, 2.75) is 6.61 Å². The van der Waals surface area contributed by atoms with E-state index in [2.05, 4.69) is 16.8 Å². The third-order valence-corrected chi connectivity index (χ3v) is 2.47. The molecule has 0 radical (unpaired) electrons. The van der Waals surface area contributed by atoms with E-state index in [1.807, 2.05) is 0 Å².